The Kier molecular flexibility index (Phi) is 6.05. The topological polar surface area (TPSA) is 87.4 Å². The first kappa shape index (κ1) is 21.7. The Hall–Kier alpha value is -2.59. The highest BCUT2D eigenvalue weighted by Crippen LogP contribution is 2.27. The number of ether oxygens (including phenoxy) is 1. The van der Waals surface area contributed by atoms with Crippen LogP contribution in [0.2, 0.25) is 5.02 Å². The molecule has 28 heavy (non-hydrogen) atoms. The van der Waals surface area contributed by atoms with Crippen molar-refractivity contribution >= 4 is 34.4 Å². The molecule has 0 aliphatic heterocycles. The molecule has 0 spiro atoms. The zero-order valence-electron chi connectivity index (χ0n) is 14.2. The molecule has 0 fully saturated rings. The molecule has 1 unspecified atom stereocenters. The van der Waals surface area contributed by atoms with Crippen molar-refractivity contribution in [1.82, 2.24) is 9.13 Å². The normalized spacial score (nSPS) is 12.5. The zero-order valence-corrected chi connectivity index (χ0v) is 15.7. The molecule has 2 aromatic rings. The monoisotopic (exact) mass is 438 g/mol. The van der Waals surface area contributed by atoms with Gasteiger partial charge in [-0.05, 0) is 36.7 Å². The number of aromatic nitrogens is 2. The summed E-state index contributed by atoms with van der Waals surface area (Å²) in [7, 11) is 0.847. The highest BCUT2D eigenvalue weighted by atomic mass is 35.5. The third-order valence-electron chi connectivity index (χ3n) is 3.64. The number of esters is 1. The summed E-state index contributed by atoms with van der Waals surface area (Å²) in [6.45, 7) is 1.21. The number of rotatable bonds is 4. The third-order valence-corrected chi connectivity index (χ3v) is 4.28. The molecule has 0 amide bonds. The Morgan fingerprint density at radius 3 is 2.32 bits per heavy atom. The van der Waals surface area contributed by atoms with E-state index < -0.39 is 40.4 Å². The van der Waals surface area contributed by atoms with Crippen molar-refractivity contribution in [2.45, 2.75) is 19.2 Å². The molecule has 1 aromatic carbocycles. The van der Waals surface area contributed by atoms with E-state index in [1.54, 1.807) is 0 Å². The van der Waals surface area contributed by atoms with E-state index in [2.05, 4.69) is 0 Å². The third kappa shape index (κ3) is 4.28. The first-order valence-corrected chi connectivity index (χ1v) is 8.20. The predicted octanol–water partition coefficient (Wildman–Crippen LogP) is 2.52. The van der Waals surface area contributed by atoms with E-state index in [0.717, 1.165) is 25.2 Å². The molecule has 0 saturated heterocycles. The van der Waals surface area contributed by atoms with Gasteiger partial charge in [-0.1, -0.05) is 11.6 Å². The molecule has 0 aliphatic rings. The van der Waals surface area contributed by atoms with Crippen LogP contribution in [0.3, 0.4) is 0 Å². The van der Waals surface area contributed by atoms with Gasteiger partial charge in [0.05, 0.1) is 16.3 Å². The number of benzene rings is 1. The Morgan fingerprint density at radius 1 is 1.18 bits per heavy atom. The van der Waals surface area contributed by atoms with Gasteiger partial charge in [0.25, 0.3) is 10.8 Å². The van der Waals surface area contributed by atoms with Gasteiger partial charge in [-0.3, -0.25) is 14.2 Å². The van der Waals surface area contributed by atoms with Crippen LogP contribution in [-0.4, -0.2) is 26.4 Å². The van der Waals surface area contributed by atoms with Gasteiger partial charge >= 0.3 is 17.8 Å². The average Bonchev–Trinajstić information content (AvgIpc) is 2.58. The molecule has 7 nitrogen and oxygen atoms in total. The summed E-state index contributed by atoms with van der Waals surface area (Å²) in [5.41, 5.74) is -4.52. The van der Waals surface area contributed by atoms with E-state index in [1.807, 2.05) is 0 Å². The largest absolute Gasteiger partial charge is 0.450 e. The van der Waals surface area contributed by atoms with Gasteiger partial charge in [0.15, 0.2) is 6.10 Å². The van der Waals surface area contributed by atoms with Gasteiger partial charge in [0.1, 0.15) is 5.69 Å². The minimum atomic E-state index is -4.91. The van der Waals surface area contributed by atoms with E-state index in [9.17, 15) is 32.3 Å². The Bertz CT molecular complexity index is 1080. The van der Waals surface area contributed by atoms with Crippen molar-refractivity contribution in [2.24, 2.45) is 7.05 Å². The second-order valence-corrected chi connectivity index (χ2v) is 6.34. The number of halogens is 5. The highest BCUT2D eigenvalue weighted by molar-refractivity contribution is 6.64. The van der Waals surface area contributed by atoms with Gasteiger partial charge in [0.2, 0.25) is 0 Å². The van der Waals surface area contributed by atoms with Crippen LogP contribution in [0.15, 0.2) is 33.9 Å². The van der Waals surface area contributed by atoms with Crippen LogP contribution in [0.25, 0.3) is 5.69 Å². The van der Waals surface area contributed by atoms with Crippen molar-refractivity contribution in [3.05, 3.63) is 61.4 Å². The number of carbonyl (C=O) groups excluding carboxylic acids is 2. The van der Waals surface area contributed by atoms with Crippen molar-refractivity contribution in [2.75, 3.05) is 0 Å². The number of hydrogen-bond acceptors (Lipinski definition) is 5. The lowest BCUT2D eigenvalue weighted by Crippen LogP contribution is -2.40. The second-order valence-electron chi connectivity index (χ2n) is 5.56. The molecule has 0 N–H and O–H groups in total. The lowest BCUT2D eigenvalue weighted by molar-refractivity contribution is -0.144. The summed E-state index contributed by atoms with van der Waals surface area (Å²) in [5.74, 6) is -1.08. The van der Waals surface area contributed by atoms with E-state index >= 15 is 0 Å². The molecule has 1 atom stereocenters. The van der Waals surface area contributed by atoms with Crippen LogP contribution in [0.1, 0.15) is 23.0 Å². The molecule has 12 heteroatoms. The molecule has 0 saturated carbocycles. The summed E-state index contributed by atoms with van der Waals surface area (Å²) in [4.78, 5) is 47.6. The molecule has 2 rings (SSSR count). The summed E-state index contributed by atoms with van der Waals surface area (Å²) >= 11 is 11.1. The van der Waals surface area contributed by atoms with Crippen molar-refractivity contribution in [1.29, 1.82) is 0 Å². The predicted molar refractivity (Wildman–Crippen MR) is 93.0 cm³/mol. The minimum Gasteiger partial charge on any atom is -0.450 e. The second kappa shape index (κ2) is 7.80. The number of carbonyl (C=O) groups is 2. The first-order valence-electron chi connectivity index (χ1n) is 7.45. The first-order chi connectivity index (χ1) is 12.8. The Balaban J connectivity index is 2.61. The summed E-state index contributed by atoms with van der Waals surface area (Å²) < 4.78 is 44.3. The van der Waals surface area contributed by atoms with Crippen LogP contribution in [0, 0.1) is 0 Å². The Labute approximate surface area is 164 Å². The molecule has 0 bridgehead atoms. The van der Waals surface area contributed by atoms with Crippen molar-refractivity contribution < 1.29 is 27.5 Å². The quantitative estimate of drug-likeness (QED) is 0.540. The molecule has 150 valence electrons. The average molecular weight is 439 g/mol. The van der Waals surface area contributed by atoms with E-state index in [0.29, 0.717) is 4.57 Å². The maximum Gasteiger partial charge on any atom is 0.431 e. The maximum atomic E-state index is 12.9. The smallest absolute Gasteiger partial charge is 0.431 e. The standard InChI is InChI=1S/C16H11Cl2F3N2O5/c1-7(13(18)25)28-14(26)9-5-8(3-4-10(9)17)23-12(24)6-11(16(19,20)21)22(2)15(23)27/h3-7H,1-2H3. The van der Waals surface area contributed by atoms with Crippen molar-refractivity contribution in [3.63, 3.8) is 0 Å². The van der Waals surface area contributed by atoms with Gasteiger partial charge in [0, 0.05) is 13.1 Å². The van der Waals surface area contributed by atoms with Crippen LogP contribution in [-0.2, 0) is 22.8 Å². The fourth-order valence-corrected chi connectivity index (χ4v) is 2.45. The summed E-state index contributed by atoms with van der Waals surface area (Å²) in [6, 6.07) is 3.53. The highest BCUT2D eigenvalue weighted by Gasteiger charge is 2.35. The number of alkyl halides is 3. The summed E-state index contributed by atoms with van der Waals surface area (Å²) in [6.07, 6.45) is -6.21. The number of hydrogen-bond donors (Lipinski definition) is 0. The SMILES string of the molecule is CC(OC(=O)c1cc(-n2c(=O)cc(C(F)(F)F)n(C)c2=O)ccc1Cl)C(=O)Cl. The van der Waals surface area contributed by atoms with E-state index in [-0.39, 0.29) is 26.9 Å². The van der Waals surface area contributed by atoms with Gasteiger partial charge in [-0.15, -0.1) is 0 Å². The van der Waals surface area contributed by atoms with Crippen LogP contribution < -0.4 is 11.2 Å². The molecule has 0 aliphatic carbocycles. The fraction of sp³-hybridized carbons (Fsp3) is 0.250. The molecule has 0 radical (unpaired) electrons. The molecule has 1 aromatic heterocycles. The molecule has 1 heterocycles. The van der Waals surface area contributed by atoms with E-state index in [1.165, 1.54) is 6.92 Å². The van der Waals surface area contributed by atoms with Crippen LogP contribution >= 0.6 is 23.2 Å². The zero-order chi connectivity index (χ0) is 21.4. The van der Waals surface area contributed by atoms with Gasteiger partial charge in [-0.2, -0.15) is 13.2 Å². The summed E-state index contributed by atoms with van der Waals surface area (Å²) in [5, 5.41) is -1.09. The maximum absolute atomic E-state index is 12.9. The van der Waals surface area contributed by atoms with Crippen LogP contribution in [0.5, 0.6) is 0 Å². The molecular formula is C16H11Cl2F3N2O5. The van der Waals surface area contributed by atoms with Gasteiger partial charge in [-0.25, -0.2) is 14.2 Å². The fourth-order valence-electron chi connectivity index (χ4n) is 2.21. The van der Waals surface area contributed by atoms with E-state index in [4.69, 9.17) is 27.9 Å². The van der Waals surface area contributed by atoms with Crippen LogP contribution in [0.4, 0.5) is 13.2 Å². The van der Waals surface area contributed by atoms with Gasteiger partial charge < -0.3 is 4.74 Å². The molecular weight excluding hydrogens is 428 g/mol. The number of nitrogens with zero attached hydrogens (tertiary/aromatic N) is 2. The Morgan fingerprint density at radius 2 is 1.79 bits per heavy atom. The minimum absolute atomic E-state index is 0.139. The lowest BCUT2D eigenvalue weighted by atomic mass is 10.2. The lowest BCUT2D eigenvalue weighted by Gasteiger charge is -2.15. The van der Waals surface area contributed by atoms with Crippen molar-refractivity contribution in [3.8, 4) is 5.69 Å².